The van der Waals surface area contributed by atoms with E-state index in [2.05, 4.69) is 31.0 Å². The van der Waals surface area contributed by atoms with Crippen molar-refractivity contribution in [2.45, 2.75) is 51.0 Å². The lowest BCUT2D eigenvalue weighted by atomic mass is 9.72. The summed E-state index contributed by atoms with van der Waals surface area (Å²) in [5.74, 6) is 0.457. The highest BCUT2D eigenvalue weighted by Gasteiger charge is 2.39. The number of isocyanates is 1. The number of benzene rings is 1. The summed E-state index contributed by atoms with van der Waals surface area (Å²) in [4.78, 5) is 14.6. The quantitative estimate of drug-likeness (QED) is 0.578. The highest BCUT2D eigenvalue weighted by atomic mass is 35.5. The second-order valence-corrected chi connectivity index (χ2v) is 5.54. The van der Waals surface area contributed by atoms with Gasteiger partial charge in [-0.3, -0.25) is 0 Å². The van der Waals surface area contributed by atoms with Crippen molar-refractivity contribution in [3.8, 4) is 0 Å². The molecule has 0 amide bonds. The molecule has 0 saturated heterocycles. The molecule has 0 N–H and O–H groups in total. The maximum atomic E-state index is 10.6. The summed E-state index contributed by atoms with van der Waals surface area (Å²) < 4.78 is 0. The second-order valence-electron chi connectivity index (χ2n) is 5.13. The van der Waals surface area contributed by atoms with Gasteiger partial charge in [0.15, 0.2) is 0 Å². The molecule has 1 fully saturated rings. The number of hydrogen-bond acceptors (Lipinski definition) is 2. The Bertz CT molecular complexity index is 487. The Hall–Kier alpha value is -1.11. The summed E-state index contributed by atoms with van der Waals surface area (Å²) in [5.41, 5.74) is 1.88. The monoisotopic (exact) mass is 263 g/mol. The Morgan fingerprint density at radius 1 is 1.50 bits per heavy atom. The largest absolute Gasteiger partial charge is 0.235 e. The molecule has 96 valence electrons. The van der Waals surface area contributed by atoms with E-state index < -0.39 is 0 Å². The first kappa shape index (κ1) is 13.3. The number of aliphatic imine (C=N–C) groups is 1. The van der Waals surface area contributed by atoms with Crippen molar-refractivity contribution in [2.24, 2.45) is 4.99 Å². The van der Waals surface area contributed by atoms with Gasteiger partial charge in [-0.1, -0.05) is 37.6 Å². The summed E-state index contributed by atoms with van der Waals surface area (Å²) in [6, 6.07) is 6.11. The summed E-state index contributed by atoms with van der Waals surface area (Å²) in [6.07, 6.45) is 5.72. The van der Waals surface area contributed by atoms with Gasteiger partial charge in [-0.2, -0.15) is 4.99 Å². The van der Waals surface area contributed by atoms with Gasteiger partial charge in [0.05, 0.1) is 5.54 Å². The van der Waals surface area contributed by atoms with Crippen molar-refractivity contribution >= 4 is 17.7 Å². The van der Waals surface area contributed by atoms with Crippen LogP contribution in [0.1, 0.15) is 56.6 Å². The molecule has 2 nitrogen and oxygen atoms in total. The van der Waals surface area contributed by atoms with Crippen LogP contribution < -0.4 is 0 Å². The molecule has 0 aliphatic heterocycles. The standard InChI is InChI=1S/C15H18ClNO/c1-3-11(2)13-6-5-12(9-14(13)16)15(17-10-18)7-4-8-15/h5-6,9,11H,3-4,7-8H2,1-2H3. The Labute approximate surface area is 113 Å². The third-order valence-electron chi connectivity index (χ3n) is 4.12. The fraction of sp³-hybridized carbons (Fsp3) is 0.533. The zero-order valence-corrected chi connectivity index (χ0v) is 11.6. The first-order valence-corrected chi connectivity index (χ1v) is 6.89. The Morgan fingerprint density at radius 3 is 2.67 bits per heavy atom. The molecule has 3 heteroatoms. The lowest BCUT2D eigenvalue weighted by Crippen LogP contribution is -2.31. The van der Waals surface area contributed by atoms with Crippen molar-refractivity contribution in [3.63, 3.8) is 0 Å². The summed E-state index contributed by atoms with van der Waals surface area (Å²) in [7, 11) is 0. The van der Waals surface area contributed by atoms with Gasteiger partial charge in [-0.25, -0.2) is 4.79 Å². The van der Waals surface area contributed by atoms with Gasteiger partial charge in [0.2, 0.25) is 6.08 Å². The van der Waals surface area contributed by atoms with E-state index in [4.69, 9.17) is 11.6 Å². The molecule has 1 atom stereocenters. The van der Waals surface area contributed by atoms with Gasteiger partial charge in [0, 0.05) is 5.02 Å². The van der Waals surface area contributed by atoms with Gasteiger partial charge in [-0.05, 0) is 48.8 Å². The zero-order valence-electron chi connectivity index (χ0n) is 10.9. The predicted molar refractivity (Wildman–Crippen MR) is 73.8 cm³/mol. The SMILES string of the molecule is CCC(C)c1ccc(C2(N=C=O)CCC2)cc1Cl. The average Bonchev–Trinajstić information content (AvgIpc) is 2.32. The molecule has 0 bridgehead atoms. The van der Waals surface area contributed by atoms with E-state index in [9.17, 15) is 4.79 Å². The molecular formula is C15H18ClNO. The topological polar surface area (TPSA) is 29.4 Å². The minimum absolute atomic E-state index is 0.348. The molecule has 1 saturated carbocycles. The maximum Gasteiger partial charge on any atom is 0.235 e. The number of rotatable bonds is 4. The molecule has 1 aliphatic carbocycles. The van der Waals surface area contributed by atoms with E-state index in [-0.39, 0.29) is 5.54 Å². The van der Waals surface area contributed by atoms with E-state index in [1.165, 1.54) is 5.56 Å². The van der Waals surface area contributed by atoms with Gasteiger partial charge in [0.1, 0.15) is 0 Å². The predicted octanol–water partition coefficient (Wildman–Crippen LogP) is 4.57. The third kappa shape index (κ3) is 2.23. The summed E-state index contributed by atoms with van der Waals surface area (Å²) in [6.45, 7) is 4.32. The molecule has 1 unspecified atom stereocenters. The fourth-order valence-electron chi connectivity index (χ4n) is 2.50. The van der Waals surface area contributed by atoms with Crippen LogP contribution in [0.5, 0.6) is 0 Å². The van der Waals surface area contributed by atoms with Crippen molar-refractivity contribution in [2.75, 3.05) is 0 Å². The van der Waals surface area contributed by atoms with Crippen LogP contribution in [0.3, 0.4) is 0 Å². The zero-order chi connectivity index (χ0) is 13.2. The summed E-state index contributed by atoms with van der Waals surface area (Å²) >= 11 is 6.35. The molecular weight excluding hydrogens is 246 g/mol. The van der Waals surface area contributed by atoms with E-state index in [1.54, 1.807) is 6.08 Å². The molecule has 1 aliphatic rings. The van der Waals surface area contributed by atoms with E-state index in [1.807, 2.05) is 6.07 Å². The van der Waals surface area contributed by atoms with Crippen molar-refractivity contribution in [1.82, 2.24) is 0 Å². The normalized spacial score (nSPS) is 18.6. The number of carbonyl (C=O) groups excluding carboxylic acids is 1. The summed E-state index contributed by atoms with van der Waals surface area (Å²) in [5, 5.41) is 0.786. The van der Waals surface area contributed by atoms with Gasteiger partial charge >= 0.3 is 0 Å². The molecule has 0 aromatic heterocycles. The van der Waals surface area contributed by atoms with Crippen molar-refractivity contribution in [1.29, 1.82) is 0 Å². The minimum Gasteiger partial charge on any atom is -0.211 e. The highest BCUT2D eigenvalue weighted by Crippen LogP contribution is 2.45. The molecule has 0 heterocycles. The molecule has 2 rings (SSSR count). The second kappa shape index (κ2) is 5.26. The Balaban J connectivity index is 2.36. The van der Waals surface area contributed by atoms with Crippen LogP contribution in [0.4, 0.5) is 0 Å². The van der Waals surface area contributed by atoms with Crippen LogP contribution in [0.2, 0.25) is 5.02 Å². The minimum atomic E-state index is -0.348. The van der Waals surface area contributed by atoms with Crippen LogP contribution in [0.15, 0.2) is 23.2 Å². The maximum absolute atomic E-state index is 10.6. The Kier molecular flexibility index (Phi) is 3.89. The van der Waals surface area contributed by atoms with Gasteiger partial charge in [0.25, 0.3) is 0 Å². The fourth-order valence-corrected chi connectivity index (χ4v) is 2.87. The van der Waals surface area contributed by atoms with Crippen molar-refractivity contribution in [3.05, 3.63) is 34.3 Å². The van der Waals surface area contributed by atoms with Crippen molar-refractivity contribution < 1.29 is 4.79 Å². The number of hydrogen-bond donors (Lipinski definition) is 0. The molecule has 1 aromatic carbocycles. The molecule has 1 aromatic rings. The first-order chi connectivity index (χ1) is 8.63. The molecule has 0 spiro atoms. The smallest absolute Gasteiger partial charge is 0.211 e. The van der Waals surface area contributed by atoms with E-state index in [0.29, 0.717) is 5.92 Å². The highest BCUT2D eigenvalue weighted by molar-refractivity contribution is 6.31. The Morgan fingerprint density at radius 2 is 2.22 bits per heavy atom. The lowest BCUT2D eigenvalue weighted by Gasteiger charge is -2.37. The van der Waals surface area contributed by atoms with Crippen LogP contribution in [-0.4, -0.2) is 6.08 Å². The van der Waals surface area contributed by atoms with Crippen LogP contribution >= 0.6 is 11.6 Å². The van der Waals surface area contributed by atoms with Crippen LogP contribution in [-0.2, 0) is 10.3 Å². The van der Waals surface area contributed by atoms with E-state index >= 15 is 0 Å². The van der Waals surface area contributed by atoms with E-state index in [0.717, 1.165) is 36.3 Å². The van der Waals surface area contributed by atoms with Gasteiger partial charge < -0.3 is 0 Å². The van der Waals surface area contributed by atoms with Gasteiger partial charge in [-0.15, -0.1) is 0 Å². The molecule has 18 heavy (non-hydrogen) atoms. The average molecular weight is 264 g/mol. The number of halogens is 1. The third-order valence-corrected chi connectivity index (χ3v) is 4.45. The molecule has 0 radical (unpaired) electrons. The lowest BCUT2D eigenvalue weighted by molar-refractivity contribution is 0.256. The first-order valence-electron chi connectivity index (χ1n) is 6.52. The number of nitrogens with zero attached hydrogens (tertiary/aromatic N) is 1. The van der Waals surface area contributed by atoms with Crippen LogP contribution in [0, 0.1) is 0 Å². The van der Waals surface area contributed by atoms with Crippen LogP contribution in [0.25, 0.3) is 0 Å².